The van der Waals surface area contributed by atoms with Crippen LogP contribution in [0.1, 0.15) is 59.3 Å². The van der Waals surface area contributed by atoms with Gasteiger partial charge in [0.05, 0.1) is 0 Å². The predicted molar refractivity (Wildman–Crippen MR) is 179 cm³/mol. The van der Waals surface area contributed by atoms with Gasteiger partial charge in [-0.05, 0) is 0 Å². The Kier molecular flexibility index (Phi) is 11.8. The summed E-state index contributed by atoms with van der Waals surface area (Å²) in [5.74, 6) is 1.27. The van der Waals surface area contributed by atoms with Gasteiger partial charge in [-0.2, -0.15) is 0 Å². The zero-order chi connectivity index (χ0) is 30.2. The monoisotopic (exact) mass is 684 g/mol. The van der Waals surface area contributed by atoms with E-state index in [0.717, 1.165) is 23.7 Å². The van der Waals surface area contributed by atoms with Gasteiger partial charge in [-0.3, -0.25) is 0 Å². The first-order chi connectivity index (χ1) is 20.8. The Morgan fingerprint density at radius 3 is 2.07 bits per heavy atom. The topological polar surface area (TPSA) is 55.8 Å². The first-order valence-electron chi connectivity index (χ1n) is 15.5. The molecule has 1 unspecified atom stereocenters. The number of aliphatic hydroxyl groups is 1. The number of cyclic esters (lactones) is 1. The minimum atomic E-state index is -0.980. The van der Waals surface area contributed by atoms with Gasteiger partial charge in [-0.25, -0.2) is 0 Å². The molecule has 7 heteroatoms. The van der Waals surface area contributed by atoms with Gasteiger partial charge in [0.1, 0.15) is 0 Å². The SMILES string of the molecule is CC(C)[C@@H]1CC[C@@H](C)C[C@H]1O[C@H]1CC([Se]c2ccccc2)([C@@H](O)CCC(Sc2ccccc2)Sc2ccccc2)C(=O)O1. The number of carbonyl (C=O) groups is 1. The van der Waals surface area contributed by atoms with Crippen molar-refractivity contribution in [2.45, 2.75) is 96.5 Å². The number of hydrogen-bond donors (Lipinski definition) is 1. The van der Waals surface area contributed by atoms with E-state index in [1.807, 2.05) is 53.9 Å². The van der Waals surface area contributed by atoms with E-state index in [0.29, 0.717) is 30.6 Å². The third-order valence-corrected chi connectivity index (χ3v) is 14.4. The summed E-state index contributed by atoms with van der Waals surface area (Å²) in [5.41, 5.74) is 0. The van der Waals surface area contributed by atoms with Crippen molar-refractivity contribution in [1.82, 2.24) is 0 Å². The molecule has 230 valence electrons. The van der Waals surface area contributed by atoms with Crippen molar-refractivity contribution in [1.29, 1.82) is 0 Å². The average molecular weight is 684 g/mol. The van der Waals surface area contributed by atoms with Crippen LogP contribution in [0.4, 0.5) is 0 Å². The number of aliphatic hydroxyl groups excluding tert-OH is 1. The van der Waals surface area contributed by atoms with Gasteiger partial charge in [0, 0.05) is 0 Å². The second kappa shape index (κ2) is 15.5. The zero-order valence-corrected chi connectivity index (χ0v) is 28.7. The fourth-order valence-electron chi connectivity index (χ4n) is 6.23. The number of esters is 1. The summed E-state index contributed by atoms with van der Waals surface area (Å²) in [6.45, 7) is 6.82. The quantitative estimate of drug-likeness (QED) is 0.0854. The summed E-state index contributed by atoms with van der Waals surface area (Å²) >= 11 is 3.32. The molecule has 0 aromatic heterocycles. The van der Waals surface area contributed by atoms with E-state index in [2.05, 4.69) is 81.4 Å². The van der Waals surface area contributed by atoms with Crippen molar-refractivity contribution >= 4 is 48.9 Å². The summed E-state index contributed by atoms with van der Waals surface area (Å²) in [7, 11) is 0. The number of carbonyl (C=O) groups excluding carboxylic acids is 1. The van der Waals surface area contributed by atoms with Crippen LogP contribution in [0.25, 0.3) is 0 Å². The molecule has 43 heavy (non-hydrogen) atoms. The Labute approximate surface area is 272 Å². The van der Waals surface area contributed by atoms with E-state index in [9.17, 15) is 9.90 Å². The maximum atomic E-state index is 13.8. The van der Waals surface area contributed by atoms with Crippen molar-refractivity contribution < 1.29 is 19.4 Å². The molecule has 1 N–H and O–H groups in total. The summed E-state index contributed by atoms with van der Waals surface area (Å²) in [4.78, 5) is 16.2. The van der Waals surface area contributed by atoms with E-state index in [-0.39, 0.29) is 31.6 Å². The van der Waals surface area contributed by atoms with Crippen molar-refractivity contribution in [2.75, 3.05) is 0 Å². The maximum absolute atomic E-state index is 13.8. The van der Waals surface area contributed by atoms with Gasteiger partial charge in [-0.1, -0.05) is 0 Å². The summed E-state index contributed by atoms with van der Waals surface area (Å²) < 4.78 is 13.0. The molecule has 1 aliphatic heterocycles. The molecule has 1 heterocycles. The number of thioether (sulfide) groups is 2. The number of benzene rings is 3. The molecule has 0 amide bonds. The van der Waals surface area contributed by atoms with Crippen LogP contribution in [-0.2, 0) is 14.3 Å². The first-order valence-corrected chi connectivity index (χ1v) is 19.0. The van der Waals surface area contributed by atoms with Gasteiger partial charge in [0.15, 0.2) is 0 Å². The fraction of sp³-hybridized carbons (Fsp3) is 0.472. The van der Waals surface area contributed by atoms with Crippen LogP contribution in [-0.4, -0.2) is 49.1 Å². The van der Waals surface area contributed by atoms with E-state index in [1.54, 1.807) is 0 Å². The van der Waals surface area contributed by atoms with E-state index < -0.39 is 16.7 Å². The minimum absolute atomic E-state index is 0.0765. The Hall–Kier alpha value is -1.73. The van der Waals surface area contributed by atoms with E-state index in [1.165, 1.54) is 16.2 Å². The summed E-state index contributed by atoms with van der Waals surface area (Å²) in [6, 6.07) is 31.0. The van der Waals surface area contributed by atoms with Crippen LogP contribution in [0.2, 0.25) is 4.31 Å². The molecule has 5 rings (SSSR count). The molecule has 1 saturated carbocycles. The number of rotatable bonds is 13. The molecule has 0 spiro atoms. The van der Waals surface area contributed by atoms with Crippen molar-refractivity contribution in [3.8, 4) is 0 Å². The third-order valence-electron chi connectivity index (χ3n) is 8.62. The molecule has 0 radical (unpaired) electrons. The molecule has 2 fully saturated rings. The Balaban J connectivity index is 1.34. The fourth-order valence-corrected chi connectivity index (χ4v) is 11.6. The molecule has 3 aromatic carbocycles. The van der Waals surface area contributed by atoms with Crippen molar-refractivity contribution in [2.24, 2.45) is 17.8 Å². The van der Waals surface area contributed by atoms with Gasteiger partial charge in [0.2, 0.25) is 0 Å². The summed E-state index contributed by atoms with van der Waals surface area (Å²) in [5, 5.41) is 12.0. The normalized spacial score (nSPS) is 26.5. The van der Waals surface area contributed by atoms with Gasteiger partial charge >= 0.3 is 274 Å². The first kappa shape index (κ1) is 32.7. The standard InChI is InChI=1S/C36H44O4S2Se/c1-25(2)30-20-19-26(3)23-31(30)39-33-24-36(35(38)40-33,43-29-17-11-6-12-18-29)32(37)21-22-34(41-27-13-7-4-8-14-27)42-28-15-9-5-10-16-28/h4-18,25-26,30-34,37H,19-24H2,1-3H3/t26-,30+,31-,32+,33-,36?/m1/s1. The van der Waals surface area contributed by atoms with Crippen molar-refractivity contribution in [3.63, 3.8) is 0 Å². The molecule has 2 aliphatic rings. The second-order valence-corrected chi connectivity index (χ2v) is 18.0. The molecule has 6 atom stereocenters. The molecule has 0 bridgehead atoms. The third kappa shape index (κ3) is 8.71. The summed E-state index contributed by atoms with van der Waals surface area (Å²) in [6.07, 6.45) is 3.66. The van der Waals surface area contributed by atoms with E-state index in [4.69, 9.17) is 9.47 Å². The number of ether oxygens (including phenoxy) is 2. The van der Waals surface area contributed by atoms with Crippen LogP contribution in [0.15, 0.2) is 101 Å². The van der Waals surface area contributed by atoms with E-state index >= 15 is 0 Å². The second-order valence-electron chi connectivity index (χ2n) is 12.2. The Morgan fingerprint density at radius 1 is 0.907 bits per heavy atom. The molecular weight excluding hydrogens is 639 g/mol. The van der Waals surface area contributed by atoms with Crippen LogP contribution in [0, 0.1) is 17.8 Å². The Bertz CT molecular complexity index is 1240. The Morgan fingerprint density at radius 2 is 1.49 bits per heavy atom. The molecule has 3 aromatic rings. The average Bonchev–Trinajstić information content (AvgIpc) is 3.32. The van der Waals surface area contributed by atoms with Crippen molar-refractivity contribution in [3.05, 3.63) is 91.0 Å². The van der Waals surface area contributed by atoms with Crippen LogP contribution in [0.3, 0.4) is 0 Å². The van der Waals surface area contributed by atoms with Gasteiger partial charge < -0.3 is 0 Å². The molecular formula is C36H44O4S2Se. The number of hydrogen-bond acceptors (Lipinski definition) is 6. The van der Waals surface area contributed by atoms with Crippen LogP contribution < -0.4 is 4.46 Å². The predicted octanol–water partition coefficient (Wildman–Crippen LogP) is 7.98. The molecule has 4 nitrogen and oxygen atoms in total. The zero-order valence-electron chi connectivity index (χ0n) is 25.3. The van der Waals surface area contributed by atoms with Gasteiger partial charge in [-0.15, -0.1) is 0 Å². The molecule has 1 aliphatic carbocycles. The van der Waals surface area contributed by atoms with Crippen LogP contribution >= 0.6 is 23.5 Å². The van der Waals surface area contributed by atoms with Crippen LogP contribution in [0.5, 0.6) is 0 Å². The molecule has 1 saturated heterocycles. The van der Waals surface area contributed by atoms with Gasteiger partial charge in [0.25, 0.3) is 0 Å².